The summed E-state index contributed by atoms with van der Waals surface area (Å²) in [5.74, 6) is 0.796. The molecule has 2 heterocycles. The summed E-state index contributed by atoms with van der Waals surface area (Å²) in [4.78, 5) is 23.2. The molecular weight excluding hydrogens is 246 g/mol. The maximum absolute atomic E-state index is 11.8. The number of hydrogen-bond donors (Lipinski definition) is 1. The van der Waals surface area contributed by atoms with Crippen molar-refractivity contribution in [1.29, 1.82) is 0 Å². The Kier molecular flexibility index (Phi) is 3.15. The van der Waals surface area contributed by atoms with Crippen molar-refractivity contribution < 1.29 is 0 Å². The molecule has 0 saturated heterocycles. The van der Waals surface area contributed by atoms with E-state index in [-0.39, 0.29) is 5.56 Å². The summed E-state index contributed by atoms with van der Waals surface area (Å²) < 4.78 is 0. The number of pyridine rings is 1. The van der Waals surface area contributed by atoms with Crippen LogP contribution in [0.1, 0.15) is 23.2 Å². The lowest BCUT2D eigenvalue weighted by molar-refractivity contribution is 0.869. The molecule has 92 valence electrons. The van der Waals surface area contributed by atoms with Gasteiger partial charge in [-0.15, -0.1) is 0 Å². The molecule has 1 aliphatic rings. The summed E-state index contributed by atoms with van der Waals surface area (Å²) >= 11 is 1.56. The van der Waals surface area contributed by atoms with Crippen LogP contribution in [0.2, 0.25) is 0 Å². The highest BCUT2D eigenvalue weighted by molar-refractivity contribution is 7.98. The smallest absolute Gasteiger partial charge is 0.254 e. The van der Waals surface area contributed by atoms with Crippen molar-refractivity contribution in [2.75, 3.05) is 0 Å². The van der Waals surface area contributed by atoms with Crippen molar-refractivity contribution in [1.82, 2.24) is 15.0 Å². The van der Waals surface area contributed by atoms with Gasteiger partial charge in [-0.3, -0.25) is 9.78 Å². The van der Waals surface area contributed by atoms with Crippen LogP contribution in [0.4, 0.5) is 0 Å². The Hall–Kier alpha value is -1.62. The maximum atomic E-state index is 11.8. The number of fused-ring (bicyclic) bond motifs is 1. The molecule has 0 aliphatic heterocycles. The van der Waals surface area contributed by atoms with Crippen LogP contribution in [0, 0.1) is 0 Å². The summed E-state index contributed by atoms with van der Waals surface area (Å²) in [6.07, 6.45) is 6.39. The SMILES string of the molecule is O=c1[nH]c(SCc2ccncc2)nc2c1CCC2. The summed E-state index contributed by atoms with van der Waals surface area (Å²) in [6, 6.07) is 3.94. The van der Waals surface area contributed by atoms with E-state index in [1.165, 1.54) is 5.56 Å². The molecule has 0 amide bonds. The lowest BCUT2D eigenvalue weighted by Crippen LogP contribution is -2.14. The van der Waals surface area contributed by atoms with Gasteiger partial charge >= 0.3 is 0 Å². The summed E-state index contributed by atoms with van der Waals surface area (Å²) in [7, 11) is 0. The van der Waals surface area contributed by atoms with Crippen LogP contribution in [-0.4, -0.2) is 15.0 Å². The van der Waals surface area contributed by atoms with E-state index >= 15 is 0 Å². The molecule has 0 radical (unpaired) electrons. The zero-order valence-electron chi connectivity index (χ0n) is 9.85. The van der Waals surface area contributed by atoms with Gasteiger partial charge in [-0.1, -0.05) is 11.8 Å². The van der Waals surface area contributed by atoms with Crippen LogP contribution in [0.3, 0.4) is 0 Å². The number of hydrogen-bond acceptors (Lipinski definition) is 4. The first kappa shape index (κ1) is 11.5. The third-order valence-electron chi connectivity index (χ3n) is 3.04. The van der Waals surface area contributed by atoms with Gasteiger partial charge in [0.05, 0.1) is 5.69 Å². The Morgan fingerprint density at radius 3 is 2.94 bits per heavy atom. The third-order valence-corrected chi connectivity index (χ3v) is 3.99. The zero-order chi connectivity index (χ0) is 12.4. The van der Waals surface area contributed by atoms with Crippen molar-refractivity contribution in [3.8, 4) is 0 Å². The molecule has 1 aliphatic carbocycles. The van der Waals surface area contributed by atoms with E-state index in [0.29, 0.717) is 0 Å². The number of thioether (sulfide) groups is 1. The minimum Gasteiger partial charge on any atom is -0.301 e. The topological polar surface area (TPSA) is 58.6 Å². The van der Waals surface area contributed by atoms with Crippen molar-refractivity contribution >= 4 is 11.8 Å². The largest absolute Gasteiger partial charge is 0.301 e. The van der Waals surface area contributed by atoms with Gasteiger partial charge in [0, 0.05) is 23.7 Å². The number of aryl methyl sites for hydroxylation is 1. The standard InChI is InChI=1S/C13H13N3OS/c17-12-10-2-1-3-11(10)15-13(16-12)18-8-9-4-6-14-7-5-9/h4-7H,1-3,8H2,(H,15,16,17). The molecule has 0 fully saturated rings. The van der Waals surface area contributed by atoms with E-state index < -0.39 is 0 Å². The number of aromatic amines is 1. The van der Waals surface area contributed by atoms with Crippen molar-refractivity contribution in [3.05, 3.63) is 51.7 Å². The first-order valence-corrected chi connectivity index (χ1v) is 6.95. The molecule has 0 aromatic carbocycles. The van der Waals surface area contributed by atoms with Gasteiger partial charge in [0.15, 0.2) is 5.16 Å². The van der Waals surface area contributed by atoms with Crippen molar-refractivity contribution in [2.24, 2.45) is 0 Å². The lowest BCUT2D eigenvalue weighted by atomic mass is 10.3. The average Bonchev–Trinajstić information content (AvgIpc) is 2.86. The Labute approximate surface area is 109 Å². The van der Waals surface area contributed by atoms with Gasteiger partial charge in [0.2, 0.25) is 0 Å². The summed E-state index contributed by atoms with van der Waals surface area (Å²) in [6.45, 7) is 0. The fourth-order valence-corrected chi connectivity index (χ4v) is 2.95. The molecule has 0 bridgehead atoms. The third kappa shape index (κ3) is 2.31. The van der Waals surface area contributed by atoms with Crippen molar-refractivity contribution in [3.63, 3.8) is 0 Å². The number of H-pyrrole nitrogens is 1. The van der Waals surface area contributed by atoms with E-state index in [0.717, 1.165) is 41.4 Å². The second kappa shape index (κ2) is 4.94. The van der Waals surface area contributed by atoms with Gasteiger partial charge in [-0.25, -0.2) is 4.98 Å². The highest BCUT2D eigenvalue weighted by Gasteiger charge is 2.17. The van der Waals surface area contributed by atoms with Gasteiger partial charge in [-0.2, -0.15) is 0 Å². The molecular formula is C13H13N3OS. The molecule has 5 heteroatoms. The van der Waals surface area contributed by atoms with E-state index in [4.69, 9.17) is 0 Å². The second-order valence-corrected chi connectivity index (χ2v) is 5.26. The lowest BCUT2D eigenvalue weighted by Gasteiger charge is -2.03. The van der Waals surface area contributed by atoms with E-state index in [1.807, 2.05) is 12.1 Å². The monoisotopic (exact) mass is 259 g/mol. The van der Waals surface area contributed by atoms with Gasteiger partial charge in [-0.05, 0) is 37.0 Å². The highest BCUT2D eigenvalue weighted by atomic mass is 32.2. The Morgan fingerprint density at radius 2 is 2.11 bits per heavy atom. The molecule has 4 nitrogen and oxygen atoms in total. The van der Waals surface area contributed by atoms with Gasteiger partial charge < -0.3 is 4.98 Å². The highest BCUT2D eigenvalue weighted by Crippen LogP contribution is 2.21. The number of nitrogens with zero attached hydrogens (tertiary/aromatic N) is 2. The number of nitrogens with one attached hydrogen (secondary N) is 1. The second-order valence-electron chi connectivity index (χ2n) is 4.29. The predicted molar refractivity (Wildman–Crippen MR) is 70.7 cm³/mol. The molecule has 0 saturated carbocycles. The van der Waals surface area contributed by atoms with E-state index in [1.54, 1.807) is 24.2 Å². The predicted octanol–water partition coefficient (Wildman–Crippen LogP) is 1.95. The van der Waals surface area contributed by atoms with E-state index in [2.05, 4.69) is 15.0 Å². The van der Waals surface area contributed by atoms with Crippen LogP contribution < -0.4 is 5.56 Å². The number of aromatic nitrogens is 3. The van der Waals surface area contributed by atoms with Gasteiger partial charge in [0.25, 0.3) is 5.56 Å². The first-order chi connectivity index (χ1) is 8.83. The van der Waals surface area contributed by atoms with E-state index in [9.17, 15) is 4.79 Å². The minimum absolute atomic E-state index is 0.0368. The Bertz CT molecular complexity index is 609. The molecule has 0 unspecified atom stereocenters. The molecule has 2 aromatic rings. The van der Waals surface area contributed by atoms with Crippen LogP contribution >= 0.6 is 11.8 Å². The zero-order valence-corrected chi connectivity index (χ0v) is 10.7. The molecule has 18 heavy (non-hydrogen) atoms. The molecule has 0 atom stereocenters. The minimum atomic E-state index is 0.0368. The Balaban J connectivity index is 1.78. The summed E-state index contributed by atoms with van der Waals surface area (Å²) in [5.41, 5.74) is 3.08. The van der Waals surface area contributed by atoms with Crippen LogP contribution in [0.5, 0.6) is 0 Å². The van der Waals surface area contributed by atoms with Crippen LogP contribution in [0.15, 0.2) is 34.5 Å². The molecule has 0 spiro atoms. The molecule has 3 rings (SSSR count). The quantitative estimate of drug-likeness (QED) is 0.676. The number of rotatable bonds is 3. The first-order valence-electron chi connectivity index (χ1n) is 5.97. The fraction of sp³-hybridized carbons (Fsp3) is 0.308. The van der Waals surface area contributed by atoms with Gasteiger partial charge in [0.1, 0.15) is 0 Å². The molecule has 1 N–H and O–H groups in total. The fourth-order valence-electron chi connectivity index (χ4n) is 2.12. The van der Waals surface area contributed by atoms with Crippen LogP contribution in [-0.2, 0) is 18.6 Å². The Morgan fingerprint density at radius 1 is 1.28 bits per heavy atom. The normalized spacial score (nSPS) is 13.6. The average molecular weight is 259 g/mol. The molecule has 2 aromatic heterocycles. The van der Waals surface area contributed by atoms with Crippen LogP contribution in [0.25, 0.3) is 0 Å². The maximum Gasteiger partial charge on any atom is 0.254 e. The van der Waals surface area contributed by atoms with Crippen molar-refractivity contribution in [2.45, 2.75) is 30.2 Å². The summed E-state index contributed by atoms with van der Waals surface area (Å²) in [5, 5.41) is 0.720.